The average Bonchev–Trinajstić information content (AvgIpc) is 2.39. The van der Waals surface area contributed by atoms with Crippen LogP contribution in [0.2, 0.25) is 0 Å². The van der Waals surface area contributed by atoms with Gasteiger partial charge in [0, 0.05) is 19.7 Å². The van der Waals surface area contributed by atoms with Crippen LogP contribution in [-0.2, 0) is 4.79 Å². The third kappa shape index (κ3) is 2.92. The summed E-state index contributed by atoms with van der Waals surface area (Å²) in [7, 11) is 0. The van der Waals surface area contributed by atoms with Crippen LogP contribution >= 0.6 is 11.8 Å². The second kappa shape index (κ2) is 5.92. The van der Waals surface area contributed by atoms with Gasteiger partial charge in [0.05, 0.1) is 5.25 Å². The molecule has 0 aromatic heterocycles. The Bertz CT molecular complexity index is 233. The van der Waals surface area contributed by atoms with Crippen LogP contribution in [0, 0.1) is 5.92 Å². The van der Waals surface area contributed by atoms with Gasteiger partial charge in [-0.1, -0.05) is 6.42 Å². The van der Waals surface area contributed by atoms with E-state index in [1.165, 1.54) is 12.8 Å². The number of thioether (sulfide) groups is 1. The number of nitrogens with zero attached hydrogens (tertiary/aromatic N) is 1. The van der Waals surface area contributed by atoms with Crippen LogP contribution in [0.25, 0.3) is 0 Å². The Morgan fingerprint density at radius 3 is 2.56 bits per heavy atom. The molecule has 0 bridgehead atoms. The number of hydrogen-bond acceptors (Lipinski definition) is 3. The van der Waals surface area contributed by atoms with Gasteiger partial charge in [0.2, 0.25) is 5.91 Å². The zero-order valence-corrected chi connectivity index (χ0v) is 10.5. The van der Waals surface area contributed by atoms with E-state index in [0.717, 1.165) is 38.1 Å². The van der Waals surface area contributed by atoms with Crippen molar-refractivity contribution in [3.63, 3.8) is 0 Å². The van der Waals surface area contributed by atoms with Crippen molar-refractivity contribution in [2.75, 3.05) is 25.4 Å². The lowest BCUT2D eigenvalue weighted by molar-refractivity contribution is -0.132. The van der Waals surface area contributed by atoms with Crippen molar-refractivity contribution < 1.29 is 9.90 Å². The number of amides is 1. The summed E-state index contributed by atoms with van der Waals surface area (Å²) in [5, 5.41) is 9.28. The summed E-state index contributed by atoms with van der Waals surface area (Å²) in [6, 6.07) is 0. The largest absolute Gasteiger partial charge is 0.396 e. The topological polar surface area (TPSA) is 40.5 Å². The molecule has 0 aromatic carbocycles. The van der Waals surface area contributed by atoms with Crippen molar-refractivity contribution in [1.82, 2.24) is 4.90 Å². The van der Waals surface area contributed by atoms with Crippen molar-refractivity contribution >= 4 is 17.7 Å². The Hall–Kier alpha value is -0.220. The quantitative estimate of drug-likeness (QED) is 0.799. The van der Waals surface area contributed by atoms with Gasteiger partial charge in [-0.15, -0.1) is 11.8 Å². The number of carbonyl (C=O) groups excluding carboxylic acids is 1. The predicted octanol–water partition coefficient (Wildman–Crippen LogP) is 1.50. The average molecular weight is 243 g/mol. The number of aliphatic hydroxyl groups excluding tert-OH is 1. The molecule has 0 aliphatic carbocycles. The van der Waals surface area contributed by atoms with Gasteiger partial charge in [-0.3, -0.25) is 4.79 Å². The molecular weight excluding hydrogens is 222 g/mol. The number of piperidine rings is 1. The lowest BCUT2D eigenvalue weighted by Gasteiger charge is -2.34. The predicted molar refractivity (Wildman–Crippen MR) is 66.5 cm³/mol. The molecule has 16 heavy (non-hydrogen) atoms. The lowest BCUT2D eigenvalue weighted by atomic mass is 9.97. The molecule has 92 valence electrons. The standard InChI is InChI=1S/C12H21NO2S/c14-9-10-4-6-13(7-5-10)12(15)11-3-1-2-8-16-11/h10-11,14H,1-9H2. The van der Waals surface area contributed by atoms with Crippen LogP contribution in [0.4, 0.5) is 0 Å². The van der Waals surface area contributed by atoms with Crippen molar-refractivity contribution in [3.8, 4) is 0 Å². The summed E-state index contributed by atoms with van der Waals surface area (Å²) >= 11 is 1.83. The van der Waals surface area contributed by atoms with Crippen LogP contribution in [0.5, 0.6) is 0 Å². The van der Waals surface area contributed by atoms with Gasteiger partial charge in [-0.05, 0) is 37.4 Å². The molecule has 2 heterocycles. The summed E-state index contributed by atoms with van der Waals surface area (Å²) in [4.78, 5) is 14.2. The molecular formula is C12H21NO2S. The summed E-state index contributed by atoms with van der Waals surface area (Å²) in [5.74, 6) is 1.91. The fourth-order valence-electron chi connectivity index (χ4n) is 2.48. The first-order valence-electron chi connectivity index (χ1n) is 6.32. The number of hydrogen-bond donors (Lipinski definition) is 1. The molecule has 0 spiro atoms. The van der Waals surface area contributed by atoms with Gasteiger partial charge in [-0.25, -0.2) is 0 Å². The zero-order chi connectivity index (χ0) is 11.4. The van der Waals surface area contributed by atoms with E-state index in [1.54, 1.807) is 0 Å². The fraction of sp³-hybridized carbons (Fsp3) is 0.917. The van der Waals surface area contributed by atoms with Crippen molar-refractivity contribution in [3.05, 3.63) is 0 Å². The lowest BCUT2D eigenvalue weighted by Crippen LogP contribution is -2.44. The highest BCUT2D eigenvalue weighted by Gasteiger charge is 2.29. The van der Waals surface area contributed by atoms with Crippen molar-refractivity contribution in [1.29, 1.82) is 0 Å². The third-order valence-electron chi connectivity index (χ3n) is 3.64. The minimum absolute atomic E-state index is 0.222. The third-order valence-corrected chi connectivity index (χ3v) is 5.00. The molecule has 1 amide bonds. The van der Waals surface area contributed by atoms with Crippen molar-refractivity contribution in [2.45, 2.75) is 37.4 Å². The Kier molecular flexibility index (Phi) is 4.53. The Morgan fingerprint density at radius 1 is 1.25 bits per heavy atom. The van der Waals surface area contributed by atoms with Gasteiger partial charge in [0.15, 0.2) is 0 Å². The van der Waals surface area contributed by atoms with E-state index in [-0.39, 0.29) is 11.9 Å². The molecule has 2 fully saturated rings. The SMILES string of the molecule is O=C(C1CCCCS1)N1CCC(CO)CC1. The van der Waals surface area contributed by atoms with Crippen LogP contribution in [0.3, 0.4) is 0 Å². The first kappa shape index (κ1) is 12.2. The maximum absolute atomic E-state index is 12.2. The molecule has 1 N–H and O–H groups in total. The second-order valence-electron chi connectivity index (χ2n) is 4.81. The Balaban J connectivity index is 1.81. The molecule has 2 rings (SSSR count). The molecule has 1 unspecified atom stereocenters. The summed E-state index contributed by atoms with van der Waals surface area (Å²) < 4.78 is 0. The van der Waals surface area contributed by atoms with Crippen LogP contribution in [-0.4, -0.2) is 46.6 Å². The summed E-state index contributed by atoms with van der Waals surface area (Å²) in [5.41, 5.74) is 0. The van der Waals surface area contributed by atoms with E-state index >= 15 is 0 Å². The molecule has 1 atom stereocenters. The maximum Gasteiger partial charge on any atom is 0.235 e. The monoisotopic (exact) mass is 243 g/mol. The van der Waals surface area contributed by atoms with E-state index < -0.39 is 0 Å². The summed E-state index contributed by atoms with van der Waals surface area (Å²) in [6.45, 7) is 1.97. The number of likely N-dealkylation sites (tertiary alicyclic amines) is 1. The smallest absolute Gasteiger partial charge is 0.235 e. The highest BCUT2D eigenvalue weighted by molar-refractivity contribution is 8.00. The van der Waals surface area contributed by atoms with E-state index in [0.29, 0.717) is 11.8 Å². The second-order valence-corrected chi connectivity index (χ2v) is 6.12. The molecule has 4 heteroatoms. The van der Waals surface area contributed by atoms with Gasteiger partial charge in [-0.2, -0.15) is 0 Å². The minimum Gasteiger partial charge on any atom is -0.396 e. The molecule has 0 aromatic rings. The highest BCUT2D eigenvalue weighted by atomic mass is 32.2. The normalized spacial score (nSPS) is 28.1. The molecule has 2 aliphatic rings. The van der Waals surface area contributed by atoms with E-state index in [9.17, 15) is 4.79 Å². The first-order valence-corrected chi connectivity index (χ1v) is 7.37. The van der Waals surface area contributed by atoms with Crippen molar-refractivity contribution in [2.24, 2.45) is 5.92 Å². The molecule has 0 radical (unpaired) electrons. The number of rotatable bonds is 2. The summed E-state index contributed by atoms with van der Waals surface area (Å²) in [6.07, 6.45) is 5.47. The van der Waals surface area contributed by atoms with Crippen LogP contribution in [0.1, 0.15) is 32.1 Å². The maximum atomic E-state index is 12.2. The number of aliphatic hydroxyl groups is 1. The minimum atomic E-state index is 0.222. The molecule has 2 saturated heterocycles. The van der Waals surface area contributed by atoms with Gasteiger partial charge in [0.1, 0.15) is 0 Å². The molecule has 0 saturated carbocycles. The Labute approximate surface area is 102 Å². The zero-order valence-electron chi connectivity index (χ0n) is 9.73. The van der Waals surface area contributed by atoms with Gasteiger partial charge < -0.3 is 10.0 Å². The fourth-order valence-corrected chi connectivity index (χ4v) is 3.76. The van der Waals surface area contributed by atoms with Gasteiger partial charge >= 0.3 is 0 Å². The van der Waals surface area contributed by atoms with Crippen LogP contribution in [0.15, 0.2) is 0 Å². The number of carbonyl (C=O) groups is 1. The first-order chi connectivity index (χ1) is 7.81. The van der Waals surface area contributed by atoms with E-state index in [2.05, 4.69) is 0 Å². The molecule has 3 nitrogen and oxygen atoms in total. The Morgan fingerprint density at radius 2 is 2.00 bits per heavy atom. The van der Waals surface area contributed by atoms with E-state index in [4.69, 9.17) is 5.11 Å². The van der Waals surface area contributed by atoms with E-state index in [1.807, 2.05) is 16.7 Å². The van der Waals surface area contributed by atoms with Gasteiger partial charge in [0.25, 0.3) is 0 Å². The highest BCUT2D eigenvalue weighted by Crippen LogP contribution is 2.28. The molecule has 2 aliphatic heterocycles. The van der Waals surface area contributed by atoms with Crippen LogP contribution < -0.4 is 0 Å².